The summed E-state index contributed by atoms with van der Waals surface area (Å²) in [5, 5.41) is 2.38. The fourth-order valence-electron chi connectivity index (χ4n) is 3.38. The summed E-state index contributed by atoms with van der Waals surface area (Å²) in [6, 6.07) is 6.41. The van der Waals surface area contributed by atoms with Crippen LogP contribution < -0.4 is 5.32 Å². The molecule has 1 aromatic carbocycles. The number of rotatable bonds is 1. The number of amides is 2. The molecule has 0 radical (unpaired) electrons. The Balaban J connectivity index is 2.06. The molecule has 3 rings (SSSR count). The van der Waals surface area contributed by atoms with E-state index >= 15 is 0 Å². The number of carbonyl (C=O) groups excluding carboxylic acids is 2. The van der Waals surface area contributed by atoms with E-state index in [-0.39, 0.29) is 17.6 Å². The zero-order chi connectivity index (χ0) is 14.2. The van der Waals surface area contributed by atoms with Crippen LogP contribution in [-0.2, 0) is 9.59 Å². The minimum Gasteiger partial charge on any atom is -0.296 e. The fraction of sp³-hybridized carbons (Fsp3) is 0.467. The van der Waals surface area contributed by atoms with Gasteiger partial charge in [0.1, 0.15) is 5.82 Å². The molecule has 20 heavy (non-hydrogen) atoms. The largest absolute Gasteiger partial charge is 0.296 e. The van der Waals surface area contributed by atoms with Gasteiger partial charge in [0.25, 0.3) is 0 Å². The SMILES string of the molecule is O=C1CC2(CCSCC2)C(c2ccccc2F)C(=O)N1. The molecule has 1 spiro atoms. The summed E-state index contributed by atoms with van der Waals surface area (Å²) in [5.41, 5.74) is 0.0109. The summed E-state index contributed by atoms with van der Waals surface area (Å²) in [6.45, 7) is 0. The van der Waals surface area contributed by atoms with Gasteiger partial charge in [0.15, 0.2) is 0 Å². The highest BCUT2D eigenvalue weighted by Gasteiger charge is 2.50. The van der Waals surface area contributed by atoms with Crippen molar-refractivity contribution in [2.75, 3.05) is 11.5 Å². The smallest absolute Gasteiger partial charge is 0.234 e. The zero-order valence-corrected chi connectivity index (χ0v) is 11.8. The topological polar surface area (TPSA) is 46.2 Å². The average Bonchev–Trinajstić information content (AvgIpc) is 2.41. The second kappa shape index (κ2) is 5.20. The number of piperidine rings is 1. The maximum absolute atomic E-state index is 14.1. The molecule has 2 heterocycles. The minimum absolute atomic E-state index is 0.227. The molecule has 0 aliphatic carbocycles. The first-order valence-corrected chi connectivity index (χ1v) is 7.94. The standard InChI is InChI=1S/C15H16FNO2S/c16-11-4-2-1-3-10(11)13-14(19)17-12(18)9-15(13)5-7-20-8-6-15/h1-4,13H,5-9H2,(H,17,18,19). The van der Waals surface area contributed by atoms with Crippen LogP contribution in [0.1, 0.15) is 30.7 Å². The van der Waals surface area contributed by atoms with Gasteiger partial charge in [-0.15, -0.1) is 0 Å². The molecule has 0 saturated carbocycles. The molecule has 3 nitrogen and oxygen atoms in total. The lowest BCUT2D eigenvalue weighted by atomic mass is 9.64. The van der Waals surface area contributed by atoms with Gasteiger partial charge in [0.2, 0.25) is 11.8 Å². The first kappa shape index (κ1) is 13.6. The maximum Gasteiger partial charge on any atom is 0.234 e. The minimum atomic E-state index is -0.553. The normalized spacial score (nSPS) is 25.6. The monoisotopic (exact) mass is 293 g/mol. The van der Waals surface area contributed by atoms with E-state index in [1.54, 1.807) is 18.2 Å². The Labute approximate surface area is 121 Å². The van der Waals surface area contributed by atoms with Gasteiger partial charge in [-0.05, 0) is 35.8 Å². The van der Waals surface area contributed by atoms with Gasteiger partial charge >= 0.3 is 0 Å². The Morgan fingerprint density at radius 2 is 1.90 bits per heavy atom. The highest BCUT2D eigenvalue weighted by atomic mass is 32.2. The molecule has 2 fully saturated rings. The number of nitrogens with one attached hydrogen (secondary N) is 1. The van der Waals surface area contributed by atoms with Crippen LogP contribution >= 0.6 is 11.8 Å². The van der Waals surface area contributed by atoms with E-state index in [1.807, 2.05) is 11.8 Å². The van der Waals surface area contributed by atoms with Crippen LogP contribution in [0.5, 0.6) is 0 Å². The summed E-state index contributed by atoms with van der Waals surface area (Å²) in [7, 11) is 0. The number of benzene rings is 1. The van der Waals surface area contributed by atoms with Crippen LogP contribution in [0.15, 0.2) is 24.3 Å². The number of halogens is 1. The molecule has 2 aliphatic rings. The number of imide groups is 1. The molecular formula is C15H16FNO2S. The Bertz CT molecular complexity index is 555. The number of hydrogen-bond acceptors (Lipinski definition) is 3. The summed E-state index contributed by atoms with van der Waals surface area (Å²) in [6.07, 6.45) is 1.89. The molecular weight excluding hydrogens is 277 g/mol. The first-order chi connectivity index (χ1) is 9.62. The highest BCUT2D eigenvalue weighted by Crippen LogP contribution is 2.51. The van der Waals surface area contributed by atoms with Crippen molar-refractivity contribution < 1.29 is 14.0 Å². The van der Waals surface area contributed by atoms with Crippen molar-refractivity contribution in [3.63, 3.8) is 0 Å². The molecule has 2 amide bonds. The van der Waals surface area contributed by atoms with Gasteiger partial charge in [-0.1, -0.05) is 18.2 Å². The molecule has 2 aliphatic heterocycles. The number of carbonyl (C=O) groups is 2. The van der Waals surface area contributed by atoms with Crippen molar-refractivity contribution >= 4 is 23.6 Å². The van der Waals surface area contributed by atoms with E-state index in [0.29, 0.717) is 12.0 Å². The highest BCUT2D eigenvalue weighted by molar-refractivity contribution is 7.99. The van der Waals surface area contributed by atoms with Gasteiger partial charge in [-0.25, -0.2) is 4.39 Å². The maximum atomic E-state index is 14.1. The van der Waals surface area contributed by atoms with Crippen LogP contribution in [0.25, 0.3) is 0 Å². The van der Waals surface area contributed by atoms with E-state index < -0.39 is 11.3 Å². The van der Waals surface area contributed by atoms with Crippen LogP contribution in [0, 0.1) is 11.2 Å². The van der Waals surface area contributed by atoms with Crippen molar-refractivity contribution in [2.45, 2.75) is 25.2 Å². The molecule has 1 aromatic rings. The molecule has 2 saturated heterocycles. The second-order valence-corrected chi connectivity index (χ2v) is 6.74. The third kappa shape index (κ3) is 2.24. The van der Waals surface area contributed by atoms with Crippen LogP contribution in [-0.4, -0.2) is 23.3 Å². The first-order valence-electron chi connectivity index (χ1n) is 6.78. The predicted octanol–water partition coefficient (Wildman–Crippen LogP) is 2.47. The molecule has 5 heteroatoms. The lowest BCUT2D eigenvalue weighted by Crippen LogP contribution is -2.52. The third-order valence-electron chi connectivity index (χ3n) is 4.35. The summed E-state index contributed by atoms with van der Waals surface area (Å²) in [5.74, 6) is 0.353. The van der Waals surface area contributed by atoms with Crippen molar-refractivity contribution in [1.82, 2.24) is 5.32 Å². The van der Waals surface area contributed by atoms with Crippen molar-refractivity contribution in [1.29, 1.82) is 0 Å². The number of thioether (sulfide) groups is 1. The molecule has 1 atom stereocenters. The number of hydrogen-bond donors (Lipinski definition) is 1. The average molecular weight is 293 g/mol. The predicted molar refractivity (Wildman–Crippen MR) is 75.9 cm³/mol. The van der Waals surface area contributed by atoms with Crippen LogP contribution in [0.2, 0.25) is 0 Å². The molecule has 0 bridgehead atoms. The van der Waals surface area contributed by atoms with Gasteiger partial charge in [0.05, 0.1) is 5.92 Å². The quantitative estimate of drug-likeness (QED) is 0.809. The van der Waals surface area contributed by atoms with Gasteiger partial charge < -0.3 is 0 Å². The zero-order valence-electron chi connectivity index (χ0n) is 11.0. The summed E-state index contributed by atoms with van der Waals surface area (Å²) in [4.78, 5) is 24.1. The van der Waals surface area contributed by atoms with E-state index in [2.05, 4.69) is 5.32 Å². The fourth-order valence-corrected chi connectivity index (χ4v) is 4.68. The summed E-state index contributed by atoms with van der Waals surface area (Å²) < 4.78 is 14.1. The van der Waals surface area contributed by atoms with Gasteiger partial charge in [-0.2, -0.15) is 11.8 Å². The van der Waals surface area contributed by atoms with Crippen LogP contribution in [0.4, 0.5) is 4.39 Å². The summed E-state index contributed by atoms with van der Waals surface area (Å²) >= 11 is 1.83. The molecule has 1 N–H and O–H groups in total. The van der Waals surface area contributed by atoms with Crippen molar-refractivity contribution in [2.24, 2.45) is 5.41 Å². The third-order valence-corrected chi connectivity index (χ3v) is 5.34. The van der Waals surface area contributed by atoms with E-state index in [4.69, 9.17) is 0 Å². The van der Waals surface area contributed by atoms with E-state index in [0.717, 1.165) is 24.3 Å². The Morgan fingerprint density at radius 1 is 1.20 bits per heavy atom. The lowest BCUT2D eigenvalue weighted by Gasteiger charge is -2.45. The van der Waals surface area contributed by atoms with Gasteiger partial charge in [-0.3, -0.25) is 14.9 Å². The van der Waals surface area contributed by atoms with Crippen molar-refractivity contribution in [3.8, 4) is 0 Å². The Hall–Kier alpha value is -1.36. The lowest BCUT2D eigenvalue weighted by molar-refractivity contribution is -0.140. The molecule has 0 aromatic heterocycles. The Morgan fingerprint density at radius 3 is 2.60 bits per heavy atom. The second-order valence-electron chi connectivity index (χ2n) is 5.52. The van der Waals surface area contributed by atoms with Crippen molar-refractivity contribution in [3.05, 3.63) is 35.6 Å². The van der Waals surface area contributed by atoms with E-state index in [1.165, 1.54) is 6.07 Å². The van der Waals surface area contributed by atoms with Gasteiger partial charge in [0, 0.05) is 12.0 Å². The molecule has 106 valence electrons. The van der Waals surface area contributed by atoms with E-state index in [9.17, 15) is 14.0 Å². The Kier molecular flexibility index (Phi) is 3.54. The molecule has 1 unspecified atom stereocenters. The van der Waals surface area contributed by atoms with Crippen LogP contribution in [0.3, 0.4) is 0 Å².